The van der Waals surface area contributed by atoms with Gasteiger partial charge < -0.3 is 10.6 Å². The number of nitrogen functional groups attached to an aromatic ring is 1. The number of hydrogen-bond donors (Lipinski definition) is 1. The maximum Gasteiger partial charge on any atom is 0.406 e. The molecule has 0 saturated carbocycles. The van der Waals surface area contributed by atoms with Crippen molar-refractivity contribution in [1.29, 1.82) is 0 Å². The number of hydrogen-bond acceptors (Lipinski definition) is 4. The minimum Gasteiger partial charge on any atom is -0.397 e. The molecule has 0 bridgehead atoms. The Kier molecular flexibility index (Phi) is 3.85. The van der Waals surface area contributed by atoms with E-state index in [9.17, 15) is 18.0 Å². The first-order chi connectivity index (χ1) is 9.33. The zero-order chi connectivity index (χ0) is 14.9. The average molecular weight is 303 g/mol. The number of aromatic nitrogens is 1. The fourth-order valence-corrected chi connectivity index (χ4v) is 2.83. The van der Waals surface area contributed by atoms with Crippen LogP contribution in [0.5, 0.6) is 0 Å². The zero-order valence-corrected chi connectivity index (χ0v) is 11.4. The molecule has 2 aromatic rings. The second-order valence-electron chi connectivity index (χ2n) is 4.14. The van der Waals surface area contributed by atoms with E-state index in [0.29, 0.717) is 10.2 Å². The van der Waals surface area contributed by atoms with Crippen LogP contribution in [0.3, 0.4) is 0 Å². The summed E-state index contributed by atoms with van der Waals surface area (Å²) in [5.41, 5.74) is 6.02. The molecule has 0 aliphatic rings. The molecule has 2 N–H and O–H groups in total. The molecule has 20 heavy (non-hydrogen) atoms. The van der Waals surface area contributed by atoms with Crippen molar-refractivity contribution >= 4 is 33.1 Å². The van der Waals surface area contributed by atoms with E-state index in [4.69, 9.17) is 5.73 Å². The van der Waals surface area contributed by atoms with E-state index in [1.165, 1.54) is 6.92 Å². The van der Waals surface area contributed by atoms with Gasteiger partial charge in [0.1, 0.15) is 16.3 Å². The van der Waals surface area contributed by atoms with Crippen molar-refractivity contribution in [3.8, 4) is 0 Å². The van der Waals surface area contributed by atoms with Crippen molar-refractivity contribution in [1.82, 2.24) is 9.88 Å². The van der Waals surface area contributed by atoms with Crippen LogP contribution in [-0.2, 0) is 0 Å². The summed E-state index contributed by atoms with van der Waals surface area (Å²) in [7, 11) is 0. The van der Waals surface area contributed by atoms with Crippen LogP contribution in [0.4, 0.5) is 18.9 Å². The Morgan fingerprint density at radius 1 is 1.50 bits per heavy atom. The quantitative estimate of drug-likeness (QED) is 0.948. The largest absolute Gasteiger partial charge is 0.406 e. The minimum atomic E-state index is -4.44. The highest BCUT2D eigenvalue weighted by atomic mass is 32.1. The molecule has 0 aliphatic heterocycles. The monoisotopic (exact) mass is 303 g/mol. The lowest BCUT2D eigenvalue weighted by atomic mass is 10.2. The number of anilines is 1. The van der Waals surface area contributed by atoms with Gasteiger partial charge in [0.05, 0.1) is 5.69 Å². The van der Waals surface area contributed by atoms with Gasteiger partial charge in [0.2, 0.25) is 0 Å². The number of halogens is 3. The predicted octanol–water partition coefficient (Wildman–Crippen LogP) is 2.90. The third kappa shape index (κ3) is 2.84. The Balaban J connectivity index is 2.37. The first-order valence-corrected chi connectivity index (χ1v) is 6.64. The SMILES string of the molecule is CCN(CC(F)(F)F)C(=O)c1sc2ncccc2c1N. The molecule has 0 aromatic carbocycles. The van der Waals surface area contributed by atoms with Crippen molar-refractivity contribution in [2.75, 3.05) is 18.8 Å². The van der Waals surface area contributed by atoms with Crippen LogP contribution >= 0.6 is 11.3 Å². The molecule has 0 aliphatic carbocycles. The smallest absolute Gasteiger partial charge is 0.397 e. The normalized spacial score (nSPS) is 11.8. The van der Waals surface area contributed by atoms with E-state index in [1.54, 1.807) is 18.3 Å². The molecule has 2 aromatic heterocycles. The number of carbonyl (C=O) groups excluding carboxylic acids is 1. The van der Waals surface area contributed by atoms with Crippen LogP contribution < -0.4 is 5.73 Å². The van der Waals surface area contributed by atoms with Gasteiger partial charge in [0, 0.05) is 18.1 Å². The number of pyridine rings is 1. The molecule has 0 atom stereocenters. The summed E-state index contributed by atoms with van der Waals surface area (Å²) in [5, 5.41) is 0.587. The van der Waals surface area contributed by atoms with E-state index < -0.39 is 18.6 Å². The first kappa shape index (κ1) is 14.6. The summed E-state index contributed by atoms with van der Waals surface area (Å²) in [5.74, 6) is -0.717. The van der Waals surface area contributed by atoms with Gasteiger partial charge in [-0.3, -0.25) is 4.79 Å². The number of alkyl halides is 3. The van der Waals surface area contributed by atoms with Gasteiger partial charge in [0.25, 0.3) is 5.91 Å². The highest BCUT2D eigenvalue weighted by Crippen LogP contribution is 2.33. The maximum atomic E-state index is 12.4. The van der Waals surface area contributed by atoms with E-state index >= 15 is 0 Å². The summed E-state index contributed by atoms with van der Waals surface area (Å²) in [4.78, 5) is 17.6. The molecular formula is C12H12F3N3OS. The molecule has 2 rings (SSSR count). The van der Waals surface area contributed by atoms with E-state index in [2.05, 4.69) is 4.98 Å². The molecule has 0 radical (unpaired) electrons. The number of thiophene rings is 1. The molecule has 0 saturated heterocycles. The Hall–Kier alpha value is -1.83. The summed E-state index contributed by atoms with van der Waals surface area (Å²) in [6.45, 7) is 0.161. The van der Waals surface area contributed by atoms with Crippen LogP contribution in [0.2, 0.25) is 0 Å². The third-order valence-electron chi connectivity index (χ3n) is 2.74. The zero-order valence-electron chi connectivity index (χ0n) is 10.6. The lowest BCUT2D eigenvalue weighted by molar-refractivity contribution is -0.140. The van der Waals surface area contributed by atoms with Gasteiger partial charge in [0.15, 0.2) is 0 Å². The van der Waals surface area contributed by atoms with E-state index in [1.807, 2.05) is 0 Å². The van der Waals surface area contributed by atoms with Gasteiger partial charge in [-0.05, 0) is 19.1 Å². The lowest BCUT2D eigenvalue weighted by Crippen LogP contribution is -2.38. The molecule has 1 amide bonds. The van der Waals surface area contributed by atoms with Gasteiger partial charge in [-0.1, -0.05) is 0 Å². The lowest BCUT2D eigenvalue weighted by Gasteiger charge is -2.21. The van der Waals surface area contributed by atoms with E-state index in [-0.39, 0.29) is 17.1 Å². The van der Waals surface area contributed by atoms with Crippen LogP contribution in [0.1, 0.15) is 16.6 Å². The topological polar surface area (TPSA) is 59.2 Å². The number of amides is 1. The van der Waals surface area contributed by atoms with Gasteiger partial charge in [-0.15, -0.1) is 11.3 Å². The Morgan fingerprint density at radius 3 is 2.75 bits per heavy atom. The number of nitrogens with zero attached hydrogens (tertiary/aromatic N) is 2. The van der Waals surface area contributed by atoms with Crippen molar-refractivity contribution in [2.24, 2.45) is 0 Å². The van der Waals surface area contributed by atoms with Crippen molar-refractivity contribution < 1.29 is 18.0 Å². The average Bonchev–Trinajstić information content (AvgIpc) is 2.72. The van der Waals surface area contributed by atoms with Crippen molar-refractivity contribution in [3.63, 3.8) is 0 Å². The first-order valence-electron chi connectivity index (χ1n) is 5.82. The summed E-state index contributed by atoms with van der Waals surface area (Å²) in [6, 6.07) is 3.35. The fraction of sp³-hybridized carbons (Fsp3) is 0.333. The van der Waals surface area contributed by atoms with Crippen molar-refractivity contribution in [2.45, 2.75) is 13.1 Å². The second-order valence-corrected chi connectivity index (χ2v) is 5.13. The van der Waals surface area contributed by atoms with Crippen molar-refractivity contribution in [3.05, 3.63) is 23.2 Å². The number of rotatable bonds is 3. The van der Waals surface area contributed by atoms with Crippen LogP contribution in [0, 0.1) is 0 Å². The maximum absolute atomic E-state index is 12.4. The Bertz CT molecular complexity index is 638. The number of nitrogens with two attached hydrogens (primary N) is 1. The number of carbonyl (C=O) groups is 1. The third-order valence-corrected chi connectivity index (χ3v) is 3.86. The molecule has 2 heterocycles. The van der Waals surface area contributed by atoms with Gasteiger partial charge >= 0.3 is 6.18 Å². The predicted molar refractivity (Wildman–Crippen MR) is 71.7 cm³/mol. The molecule has 8 heteroatoms. The minimum absolute atomic E-state index is 0.0422. The summed E-state index contributed by atoms with van der Waals surface area (Å²) < 4.78 is 37.3. The highest BCUT2D eigenvalue weighted by molar-refractivity contribution is 7.21. The van der Waals surface area contributed by atoms with E-state index in [0.717, 1.165) is 16.2 Å². The Labute approximate surface area is 117 Å². The van der Waals surface area contributed by atoms with Gasteiger partial charge in [-0.25, -0.2) is 4.98 Å². The molecule has 0 unspecified atom stereocenters. The molecular weight excluding hydrogens is 291 g/mol. The number of fused-ring (bicyclic) bond motifs is 1. The molecule has 0 fully saturated rings. The Morgan fingerprint density at radius 2 is 2.20 bits per heavy atom. The molecule has 4 nitrogen and oxygen atoms in total. The van der Waals surface area contributed by atoms with Crippen LogP contribution in [0.25, 0.3) is 10.2 Å². The van der Waals surface area contributed by atoms with Gasteiger partial charge in [-0.2, -0.15) is 13.2 Å². The second kappa shape index (κ2) is 5.28. The fourth-order valence-electron chi connectivity index (χ4n) is 1.80. The van der Waals surface area contributed by atoms with Crippen LogP contribution in [0.15, 0.2) is 18.3 Å². The molecule has 0 spiro atoms. The summed E-state index contributed by atoms with van der Waals surface area (Å²) >= 11 is 1.01. The van der Waals surface area contributed by atoms with Crippen LogP contribution in [-0.4, -0.2) is 35.1 Å². The molecule has 108 valence electrons. The highest BCUT2D eigenvalue weighted by Gasteiger charge is 2.33. The summed E-state index contributed by atoms with van der Waals surface area (Å²) in [6.07, 6.45) is -2.89. The standard InChI is InChI=1S/C12H12F3N3OS/c1-2-18(6-12(13,14)15)11(19)9-8(16)7-4-3-5-17-10(7)20-9/h3-5H,2,6,16H2,1H3.